The van der Waals surface area contributed by atoms with E-state index in [-0.39, 0.29) is 6.61 Å². The van der Waals surface area contributed by atoms with E-state index in [2.05, 4.69) is 5.32 Å². The number of nitrogens with two attached hydrogens (primary N) is 3. The van der Waals surface area contributed by atoms with Crippen molar-refractivity contribution in [1.82, 2.24) is 5.32 Å². The molecule has 16 heteroatoms. The normalized spacial score (nSPS) is 25.5. The largest absolute Gasteiger partial charge is 0.481 e. The topological polar surface area (TPSA) is 295 Å². The van der Waals surface area contributed by atoms with Gasteiger partial charge in [0.05, 0.1) is 13.2 Å². The van der Waals surface area contributed by atoms with Gasteiger partial charge < -0.3 is 57.5 Å². The highest BCUT2D eigenvalue weighted by Crippen LogP contribution is 2.49. The molecule has 0 saturated carbocycles. The molecule has 7 atom stereocenters. The van der Waals surface area contributed by atoms with Crippen LogP contribution in [0.5, 0.6) is 0 Å². The van der Waals surface area contributed by atoms with Crippen molar-refractivity contribution in [3.63, 3.8) is 0 Å². The van der Waals surface area contributed by atoms with Crippen molar-refractivity contribution in [3.05, 3.63) is 35.9 Å². The molecule has 1 saturated heterocycles. The Morgan fingerprint density at radius 1 is 1.05 bits per heavy atom. The second-order valence-electron chi connectivity index (χ2n) is 10.3. The molecular formula is C26H38N4O12. The summed E-state index contributed by atoms with van der Waals surface area (Å²) in [7, 11) is 0. The molecule has 1 fully saturated rings. The number of amides is 4. The van der Waals surface area contributed by atoms with Gasteiger partial charge in [0.15, 0.2) is 11.8 Å². The number of carboxylic acid groups (broad SMARTS) is 1. The fraction of sp³-hybridized carbons (Fsp3) is 0.577. The lowest BCUT2D eigenvalue weighted by Crippen LogP contribution is -2.83. The molecule has 0 spiro atoms. The first kappa shape index (κ1) is 34.5. The third kappa shape index (κ3) is 7.78. The van der Waals surface area contributed by atoms with E-state index in [0.717, 1.165) is 6.92 Å². The molecule has 3 unspecified atom stereocenters. The van der Waals surface area contributed by atoms with E-state index in [1.54, 1.807) is 30.3 Å². The predicted molar refractivity (Wildman–Crippen MR) is 141 cm³/mol. The Labute approximate surface area is 240 Å². The van der Waals surface area contributed by atoms with Crippen LogP contribution in [0.1, 0.15) is 38.2 Å². The number of carbonyl (C=O) groups excluding carboxylic acids is 4. The molecule has 1 heterocycles. The van der Waals surface area contributed by atoms with Gasteiger partial charge in [-0.25, -0.2) is 0 Å². The van der Waals surface area contributed by atoms with E-state index in [4.69, 9.17) is 26.7 Å². The highest BCUT2D eigenvalue weighted by Gasteiger charge is 2.70. The van der Waals surface area contributed by atoms with Crippen LogP contribution in [0.3, 0.4) is 0 Å². The fourth-order valence-corrected chi connectivity index (χ4v) is 5.57. The van der Waals surface area contributed by atoms with Gasteiger partial charge in [0, 0.05) is 38.0 Å². The highest BCUT2D eigenvalue weighted by molar-refractivity contribution is 5.81. The predicted octanol–water partition coefficient (Wildman–Crippen LogP) is -3.21. The van der Waals surface area contributed by atoms with Crippen LogP contribution in [0.4, 0.5) is 0 Å². The fourth-order valence-electron chi connectivity index (χ4n) is 5.57. The number of benzene rings is 1. The SMILES string of the molecule is CC(=O)N[C@@]1(C(CC(N)=O)C(CC(N)=O)C(CCC(=O)O)C(N)=O)[C@@H](OCc2ccccc2)O[C@H](CO)[C@@H](O)C1(O)O. The van der Waals surface area contributed by atoms with E-state index in [1.165, 1.54) is 0 Å². The molecule has 0 radical (unpaired) electrons. The lowest BCUT2D eigenvalue weighted by molar-refractivity contribution is -0.401. The molecule has 12 N–H and O–H groups in total. The Balaban J connectivity index is 2.90. The summed E-state index contributed by atoms with van der Waals surface area (Å²) in [6, 6.07) is 8.33. The van der Waals surface area contributed by atoms with Crippen molar-refractivity contribution in [2.75, 3.05) is 6.61 Å². The molecule has 234 valence electrons. The third-order valence-electron chi connectivity index (χ3n) is 7.36. The van der Waals surface area contributed by atoms with Crippen molar-refractivity contribution in [3.8, 4) is 0 Å². The maximum absolute atomic E-state index is 12.7. The van der Waals surface area contributed by atoms with Gasteiger partial charge in [-0.05, 0) is 17.9 Å². The standard InChI is InChI=1S/C26H38N4O12/c1-13(32)30-25(17(10-20(28)34)16(9-19(27)33)15(23(29)38)7-8-21(35)36)24(41-12-14-5-3-2-4-6-14)42-18(11-31)22(37)26(25,39)40/h2-6,15-18,22,24,31,37,39-40H,7-12H2,1H3,(H2,27,33)(H2,28,34)(H2,29,38)(H,30,32)(H,35,36)/t15?,16?,17?,18-,22-,24+,25+/m1/s1. The van der Waals surface area contributed by atoms with E-state index in [0.29, 0.717) is 5.56 Å². The van der Waals surface area contributed by atoms with Crippen LogP contribution in [0, 0.1) is 17.8 Å². The Kier molecular flexibility index (Phi) is 11.9. The number of rotatable bonds is 16. The summed E-state index contributed by atoms with van der Waals surface area (Å²) in [5.74, 6) is -14.1. The average Bonchev–Trinajstić information content (AvgIpc) is 2.89. The van der Waals surface area contributed by atoms with Crippen molar-refractivity contribution < 1.29 is 59.0 Å². The molecule has 1 aliphatic heterocycles. The summed E-state index contributed by atoms with van der Waals surface area (Å²) in [6.45, 7) is -0.310. The van der Waals surface area contributed by atoms with Crippen LogP contribution in [0.2, 0.25) is 0 Å². The molecule has 0 aliphatic carbocycles. The lowest BCUT2D eigenvalue weighted by atomic mass is 9.61. The van der Waals surface area contributed by atoms with Gasteiger partial charge in [0.25, 0.3) is 0 Å². The molecule has 42 heavy (non-hydrogen) atoms. The van der Waals surface area contributed by atoms with Crippen molar-refractivity contribution >= 4 is 29.6 Å². The van der Waals surface area contributed by atoms with Gasteiger partial charge in [0.2, 0.25) is 29.4 Å². The summed E-state index contributed by atoms with van der Waals surface area (Å²) in [5.41, 5.74) is 14.3. The minimum Gasteiger partial charge on any atom is -0.481 e. The molecule has 0 bridgehead atoms. The average molecular weight is 599 g/mol. The van der Waals surface area contributed by atoms with Crippen molar-refractivity contribution in [2.45, 2.75) is 69.0 Å². The summed E-state index contributed by atoms with van der Waals surface area (Å²) in [5, 5.41) is 55.6. The summed E-state index contributed by atoms with van der Waals surface area (Å²) in [4.78, 5) is 61.4. The molecule has 1 aromatic carbocycles. The number of aliphatic hydroxyl groups is 4. The smallest absolute Gasteiger partial charge is 0.303 e. The van der Waals surface area contributed by atoms with Gasteiger partial charge in [-0.1, -0.05) is 30.3 Å². The van der Waals surface area contributed by atoms with Crippen LogP contribution < -0.4 is 22.5 Å². The van der Waals surface area contributed by atoms with Gasteiger partial charge in [-0.3, -0.25) is 24.0 Å². The minimum absolute atomic E-state index is 0.306. The van der Waals surface area contributed by atoms with Gasteiger partial charge in [0.1, 0.15) is 12.2 Å². The molecular weight excluding hydrogens is 560 g/mol. The number of carbonyl (C=O) groups is 5. The van der Waals surface area contributed by atoms with E-state index in [9.17, 15) is 49.5 Å². The number of aliphatic hydroxyl groups excluding tert-OH is 2. The number of aliphatic carboxylic acids is 1. The van der Waals surface area contributed by atoms with Crippen LogP contribution in [0.25, 0.3) is 0 Å². The van der Waals surface area contributed by atoms with Gasteiger partial charge >= 0.3 is 5.97 Å². The lowest BCUT2D eigenvalue weighted by Gasteiger charge is -2.59. The second-order valence-corrected chi connectivity index (χ2v) is 10.3. The molecule has 16 nitrogen and oxygen atoms in total. The van der Waals surface area contributed by atoms with Crippen LogP contribution >= 0.6 is 0 Å². The van der Waals surface area contributed by atoms with E-state index in [1.807, 2.05) is 0 Å². The summed E-state index contributed by atoms with van der Waals surface area (Å²) in [6.07, 6.45) is -8.88. The summed E-state index contributed by atoms with van der Waals surface area (Å²) >= 11 is 0. The zero-order valence-electron chi connectivity index (χ0n) is 22.9. The van der Waals surface area contributed by atoms with Gasteiger partial charge in [-0.15, -0.1) is 0 Å². The second kappa shape index (κ2) is 14.5. The Bertz CT molecular complexity index is 1130. The third-order valence-corrected chi connectivity index (χ3v) is 7.36. The van der Waals surface area contributed by atoms with E-state index >= 15 is 0 Å². The van der Waals surface area contributed by atoms with Crippen LogP contribution in [0.15, 0.2) is 30.3 Å². The Morgan fingerprint density at radius 3 is 2.12 bits per heavy atom. The zero-order valence-corrected chi connectivity index (χ0v) is 22.9. The first-order valence-corrected chi connectivity index (χ1v) is 13.0. The zero-order chi connectivity index (χ0) is 31.8. The highest BCUT2D eigenvalue weighted by atomic mass is 16.7. The Hall–Kier alpha value is -3.67. The van der Waals surface area contributed by atoms with Crippen LogP contribution in [-0.4, -0.2) is 91.6 Å². The molecule has 0 aromatic heterocycles. The number of ether oxygens (including phenoxy) is 2. The van der Waals surface area contributed by atoms with Crippen molar-refractivity contribution in [1.29, 1.82) is 0 Å². The minimum atomic E-state index is -3.50. The maximum Gasteiger partial charge on any atom is 0.303 e. The number of nitrogens with one attached hydrogen (secondary N) is 1. The first-order valence-electron chi connectivity index (χ1n) is 13.0. The maximum atomic E-state index is 12.7. The molecule has 1 aliphatic rings. The first-order chi connectivity index (χ1) is 19.6. The summed E-state index contributed by atoms with van der Waals surface area (Å²) < 4.78 is 11.6. The quantitative estimate of drug-likeness (QED) is 0.0849. The molecule has 2 rings (SSSR count). The number of hydrogen-bond donors (Lipinski definition) is 9. The monoisotopic (exact) mass is 598 g/mol. The van der Waals surface area contributed by atoms with E-state index < -0.39 is 109 Å². The van der Waals surface area contributed by atoms with Gasteiger partial charge in [-0.2, -0.15) is 0 Å². The number of carboxylic acids is 1. The van der Waals surface area contributed by atoms with Crippen LogP contribution in [-0.2, 0) is 40.1 Å². The Morgan fingerprint density at radius 2 is 1.64 bits per heavy atom. The number of primary amides is 3. The molecule has 4 amide bonds. The van der Waals surface area contributed by atoms with Crippen molar-refractivity contribution in [2.24, 2.45) is 35.0 Å². The molecule has 1 aromatic rings. The number of hydrogen-bond acceptors (Lipinski definition) is 11.